The average molecular weight is 383 g/mol. The number of hydrogen-bond acceptors (Lipinski definition) is 4. The molecule has 1 aromatic carbocycles. The van der Waals surface area contributed by atoms with Crippen LogP contribution in [-0.4, -0.2) is 50.9 Å². The molecule has 0 radical (unpaired) electrons. The van der Waals surface area contributed by atoms with E-state index in [0.29, 0.717) is 31.6 Å². The summed E-state index contributed by atoms with van der Waals surface area (Å²) in [4.78, 5) is 11.8. The normalized spacial score (nSPS) is 24.5. The highest BCUT2D eigenvalue weighted by Gasteiger charge is 2.32. The van der Waals surface area contributed by atoms with Crippen LogP contribution in [0.3, 0.4) is 0 Å². The summed E-state index contributed by atoms with van der Waals surface area (Å²) >= 11 is 0. The van der Waals surface area contributed by atoms with Gasteiger partial charge in [-0.2, -0.15) is 4.31 Å². The summed E-state index contributed by atoms with van der Waals surface area (Å²) in [6.07, 6.45) is 3.38. The van der Waals surface area contributed by atoms with Crippen molar-refractivity contribution < 1.29 is 17.6 Å². The highest BCUT2D eigenvalue weighted by atomic mass is 32.2. The molecule has 1 amide bonds. The van der Waals surface area contributed by atoms with E-state index in [1.165, 1.54) is 16.4 Å². The van der Waals surface area contributed by atoms with Crippen molar-refractivity contribution >= 4 is 15.9 Å². The highest BCUT2D eigenvalue weighted by molar-refractivity contribution is 7.89. The summed E-state index contributed by atoms with van der Waals surface area (Å²) in [5.41, 5.74) is 0.682. The van der Waals surface area contributed by atoms with Gasteiger partial charge < -0.3 is 10.6 Å². The lowest BCUT2D eigenvalue weighted by Crippen LogP contribution is -2.46. The molecular formula is C18H26FN3O3S. The van der Waals surface area contributed by atoms with Crippen LogP contribution < -0.4 is 10.6 Å². The van der Waals surface area contributed by atoms with Crippen molar-refractivity contribution in [2.24, 2.45) is 5.92 Å². The number of carbonyl (C=O) groups excluding carboxylic acids is 1. The monoisotopic (exact) mass is 383 g/mol. The molecule has 0 aromatic heterocycles. The quantitative estimate of drug-likeness (QED) is 0.806. The van der Waals surface area contributed by atoms with Crippen LogP contribution in [0.15, 0.2) is 23.1 Å². The number of amides is 1. The summed E-state index contributed by atoms with van der Waals surface area (Å²) in [6, 6.07) is 4.03. The van der Waals surface area contributed by atoms with Crippen molar-refractivity contribution in [2.75, 3.05) is 26.2 Å². The van der Waals surface area contributed by atoms with Gasteiger partial charge in [0.25, 0.3) is 0 Å². The molecular weight excluding hydrogens is 357 g/mol. The fourth-order valence-electron chi connectivity index (χ4n) is 3.64. The summed E-state index contributed by atoms with van der Waals surface area (Å²) in [5.74, 6) is -0.697. The molecule has 8 heteroatoms. The maximum atomic E-state index is 14.2. The predicted octanol–water partition coefficient (Wildman–Crippen LogP) is 1.40. The van der Waals surface area contributed by atoms with Crippen LogP contribution in [0.2, 0.25) is 0 Å². The van der Waals surface area contributed by atoms with Crippen LogP contribution in [0, 0.1) is 18.7 Å². The van der Waals surface area contributed by atoms with Crippen molar-refractivity contribution in [1.82, 2.24) is 14.9 Å². The SMILES string of the molecule is Cc1ccc(S(=O)(=O)N2CCCC(CNC(=O)C3CCCN3)C2)c(F)c1. The molecule has 2 aliphatic heterocycles. The Morgan fingerprint density at radius 3 is 2.85 bits per heavy atom. The average Bonchev–Trinajstić information content (AvgIpc) is 3.14. The number of piperidine rings is 1. The number of rotatable bonds is 5. The fraction of sp³-hybridized carbons (Fsp3) is 0.611. The van der Waals surface area contributed by atoms with Gasteiger partial charge in [0, 0.05) is 19.6 Å². The van der Waals surface area contributed by atoms with Crippen LogP contribution in [0.4, 0.5) is 4.39 Å². The van der Waals surface area contributed by atoms with E-state index < -0.39 is 15.8 Å². The minimum atomic E-state index is -3.86. The van der Waals surface area contributed by atoms with Crippen molar-refractivity contribution in [3.8, 4) is 0 Å². The summed E-state index contributed by atoms with van der Waals surface area (Å²) in [6.45, 7) is 3.70. The molecule has 0 saturated carbocycles. The second kappa shape index (κ2) is 8.02. The van der Waals surface area contributed by atoms with E-state index in [9.17, 15) is 17.6 Å². The molecule has 3 rings (SSSR count). The van der Waals surface area contributed by atoms with Crippen molar-refractivity contribution in [3.05, 3.63) is 29.6 Å². The zero-order valence-electron chi connectivity index (χ0n) is 15.0. The number of halogens is 1. The molecule has 0 aliphatic carbocycles. The topological polar surface area (TPSA) is 78.5 Å². The van der Waals surface area contributed by atoms with E-state index in [-0.39, 0.29) is 22.8 Å². The van der Waals surface area contributed by atoms with Crippen molar-refractivity contribution in [1.29, 1.82) is 0 Å². The summed E-state index contributed by atoms with van der Waals surface area (Å²) in [5, 5.41) is 6.08. The van der Waals surface area contributed by atoms with Gasteiger partial charge in [-0.05, 0) is 62.8 Å². The number of nitrogens with one attached hydrogen (secondary N) is 2. The number of nitrogens with zero attached hydrogens (tertiary/aromatic N) is 1. The zero-order chi connectivity index (χ0) is 18.7. The van der Waals surface area contributed by atoms with Gasteiger partial charge in [-0.3, -0.25) is 4.79 Å². The minimum Gasteiger partial charge on any atom is -0.354 e. The fourth-order valence-corrected chi connectivity index (χ4v) is 5.24. The molecule has 26 heavy (non-hydrogen) atoms. The maximum Gasteiger partial charge on any atom is 0.245 e. The molecule has 1 aromatic rings. The van der Waals surface area contributed by atoms with Crippen molar-refractivity contribution in [3.63, 3.8) is 0 Å². The molecule has 144 valence electrons. The molecule has 2 N–H and O–H groups in total. The van der Waals surface area contributed by atoms with Crippen LogP contribution >= 0.6 is 0 Å². The molecule has 2 fully saturated rings. The first-order chi connectivity index (χ1) is 12.4. The van der Waals surface area contributed by atoms with E-state index in [0.717, 1.165) is 25.8 Å². The van der Waals surface area contributed by atoms with Crippen LogP contribution in [-0.2, 0) is 14.8 Å². The molecule has 6 nitrogen and oxygen atoms in total. The van der Waals surface area contributed by atoms with E-state index in [2.05, 4.69) is 10.6 Å². The molecule has 2 saturated heterocycles. The number of hydrogen-bond donors (Lipinski definition) is 2. The largest absolute Gasteiger partial charge is 0.354 e. The van der Waals surface area contributed by atoms with Gasteiger partial charge in [0.15, 0.2) is 0 Å². The Kier molecular flexibility index (Phi) is 5.94. The molecule has 2 aliphatic rings. The van der Waals surface area contributed by atoms with E-state index >= 15 is 0 Å². The third kappa shape index (κ3) is 4.24. The standard InChI is InChI=1S/C18H26FN3O3S/c1-13-6-7-17(15(19)10-13)26(24,25)22-9-3-4-14(12-22)11-21-18(23)16-5-2-8-20-16/h6-7,10,14,16,20H,2-5,8-9,11-12H2,1H3,(H,21,23). The van der Waals surface area contributed by atoms with Crippen LogP contribution in [0.25, 0.3) is 0 Å². The Labute approximate surface area is 154 Å². The second-order valence-corrected chi connectivity index (χ2v) is 9.11. The van der Waals surface area contributed by atoms with Gasteiger partial charge in [-0.25, -0.2) is 12.8 Å². The minimum absolute atomic E-state index is 0.0212. The number of carbonyl (C=O) groups is 1. The Hall–Kier alpha value is -1.51. The van der Waals surface area contributed by atoms with Gasteiger partial charge in [0.2, 0.25) is 15.9 Å². The van der Waals surface area contributed by atoms with Gasteiger partial charge in [-0.15, -0.1) is 0 Å². The second-order valence-electron chi connectivity index (χ2n) is 7.20. The third-order valence-corrected chi connectivity index (χ3v) is 7.03. The molecule has 0 spiro atoms. The van der Waals surface area contributed by atoms with Gasteiger partial charge in [0.05, 0.1) is 6.04 Å². The Bertz CT molecular complexity index is 763. The first-order valence-corrected chi connectivity index (χ1v) is 10.6. The van der Waals surface area contributed by atoms with Gasteiger partial charge >= 0.3 is 0 Å². The van der Waals surface area contributed by atoms with Crippen LogP contribution in [0.5, 0.6) is 0 Å². The third-order valence-electron chi connectivity index (χ3n) is 5.13. The summed E-state index contributed by atoms with van der Waals surface area (Å²) in [7, 11) is -3.86. The lowest BCUT2D eigenvalue weighted by molar-refractivity contribution is -0.123. The zero-order valence-corrected chi connectivity index (χ0v) is 15.8. The van der Waals surface area contributed by atoms with Crippen LogP contribution in [0.1, 0.15) is 31.2 Å². The number of benzene rings is 1. The van der Waals surface area contributed by atoms with E-state index in [1.54, 1.807) is 13.0 Å². The first-order valence-electron chi connectivity index (χ1n) is 9.15. The molecule has 2 unspecified atom stereocenters. The van der Waals surface area contributed by atoms with E-state index in [4.69, 9.17) is 0 Å². The summed E-state index contributed by atoms with van der Waals surface area (Å²) < 4.78 is 41.1. The Morgan fingerprint density at radius 1 is 1.35 bits per heavy atom. The van der Waals surface area contributed by atoms with Gasteiger partial charge in [-0.1, -0.05) is 6.07 Å². The predicted molar refractivity (Wildman–Crippen MR) is 96.7 cm³/mol. The molecule has 2 atom stereocenters. The maximum absolute atomic E-state index is 14.2. The Balaban J connectivity index is 1.62. The number of sulfonamides is 1. The van der Waals surface area contributed by atoms with Crippen molar-refractivity contribution in [2.45, 2.75) is 43.5 Å². The smallest absolute Gasteiger partial charge is 0.245 e. The Morgan fingerprint density at radius 2 is 2.15 bits per heavy atom. The number of aryl methyl sites for hydroxylation is 1. The van der Waals surface area contributed by atoms with Gasteiger partial charge in [0.1, 0.15) is 10.7 Å². The first kappa shape index (κ1) is 19.3. The highest BCUT2D eigenvalue weighted by Crippen LogP contribution is 2.25. The lowest BCUT2D eigenvalue weighted by atomic mass is 9.99. The molecule has 2 heterocycles. The van der Waals surface area contributed by atoms with E-state index in [1.807, 2.05) is 0 Å². The lowest BCUT2D eigenvalue weighted by Gasteiger charge is -2.32. The molecule has 0 bridgehead atoms.